The van der Waals surface area contributed by atoms with Crippen molar-refractivity contribution in [3.8, 4) is 0 Å². The van der Waals surface area contributed by atoms with Crippen LogP contribution in [0.2, 0.25) is 0 Å². The Labute approximate surface area is 193 Å². The van der Waals surface area contributed by atoms with Crippen LogP contribution in [0.5, 0.6) is 0 Å². The highest BCUT2D eigenvalue weighted by molar-refractivity contribution is 5.83. The quantitative estimate of drug-likeness (QED) is 0.637. The van der Waals surface area contributed by atoms with Gasteiger partial charge in [0.05, 0.1) is 6.54 Å². The number of nitrogens with one attached hydrogen (secondary N) is 1. The van der Waals surface area contributed by atoms with Crippen LogP contribution in [0.25, 0.3) is 6.08 Å². The zero-order valence-corrected chi connectivity index (χ0v) is 19.2. The smallest absolute Gasteiger partial charge is 0.355 e. The monoisotopic (exact) mass is 463 g/mol. The Bertz CT molecular complexity index is 901. The third kappa shape index (κ3) is 5.10. The molecule has 3 aliphatic rings. The predicted molar refractivity (Wildman–Crippen MR) is 120 cm³/mol. The molecule has 1 heterocycles. The highest BCUT2D eigenvalue weighted by atomic mass is 19.4. The highest BCUT2D eigenvalue weighted by Crippen LogP contribution is 2.54. The summed E-state index contributed by atoms with van der Waals surface area (Å²) in [7, 11) is 0. The Morgan fingerprint density at radius 3 is 2.42 bits per heavy atom. The molecule has 1 N–H and O–H groups in total. The number of likely N-dealkylation sites (N-methyl/N-ethyl adjacent to an activating group) is 1. The molecule has 33 heavy (non-hydrogen) atoms. The van der Waals surface area contributed by atoms with E-state index in [9.17, 15) is 22.8 Å². The van der Waals surface area contributed by atoms with Crippen LogP contribution in [0.15, 0.2) is 35.9 Å². The summed E-state index contributed by atoms with van der Waals surface area (Å²) in [5.41, 5.74) is 2.06. The molecule has 1 aliphatic heterocycles. The summed E-state index contributed by atoms with van der Waals surface area (Å²) in [4.78, 5) is 27.3. The zero-order valence-electron chi connectivity index (χ0n) is 19.2. The second-order valence-electron chi connectivity index (χ2n) is 9.76. The van der Waals surface area contributed by atoms with Gasteiger partial charge in [-0.2, -0.15) is 13.2 Å². The Kier molecular flexibility index (Phi) is 6.58. The van der Waals surface area contributed by atoms with Crippen molar-refractivity contribution < 1.29 is 22.8 Å². The molecule has 4 rings (SSSR count). The molecule has 0 bridgehead atoms. The fourth-order valence-corrected chi connectivity index (χ4v) is 5.72. The van der Waals surface area contributed by atoms with Gasteiger partial charge in [-0.3, -0.25) is 14.5 Å². The standard InChI is InChI=1S/C25H32F3N3O2/c1-3-18(10-17-8-6-5-7-9-17)20-11-21(20)31(23(33)25(26,27)28)19-12-24(13-19)15-30(16-24)14-22(32)29-4-2/h5-10,19-21H,3-4,11-16H2,1-2H3,(H,29,32)/b18-10+/t20-,21+/m0/s1. The summed E-state index contributed by atoms with van der Waals surface area (Å²) in [5.74, 6) is -1.76. The summed E-state index contributed by atoms with van der Waals surface area (Å²) in [5, 5.41) is 2.76. The van der Waals surface area contributed by atoms with Gasteiger partial charge in [-0.1, -0.05) is 48.9 Å². The van der Waals surface area contributed by atoms with E-state index < -0.39 is 12.1 Å². The van der Waals surface area contributed by atoms with Crippen LogP contribution in [0.4, 0.5) is 13.2 Å². The lowest BCUT2D eigenvalue weighted by atomic mass is 9.60. The molecule has 1 aromatic carbocycles. The number of carbonyl (C=O) groups is 2. The van der Waals surface area contributed by atoms with Crippen LogP contribution >= 0.6 is 0 Å². The van der Waals surface area contributed by atoms with Crippen LogP contribution in [0, 0.1) is 11.3 Å². The number of likely N-dealkylation sites (tertiary alicyclic amines) is 1. The van der Waals surface area contributed by atoms with Crippen LogP contribution < -0.4 is 5.32 Å². The number of hydrogen-bond donors (Lipinski definition) is 1. The molecule has 1 saturated heterocycles. The van der Waals surface area contributed by atoms with E-state index in [2.05, 4.69) is 5.32 Å². The summed E-state index contributed by atoms with van der Waals surface area (Å²) in [6.45, 7) is 6.18. The summed E-state index contributed by atoms with van der Waals surface area (Å²) < 4.78 is 40.4. The third-order valence-corrected chi connectivity index (χ3v) is 7.22. The fraction of sp³-hybridized carbons (Fsp3) is 0.600. The molecule has 180 valence electrons. The van der Waals surface area contributed by atoms with E-state index in [1.54, 1.807) is 0 Å². The highest BCUT2D eigenvalue weighted by Gasteiger charge is 2.61. The second-order valence-corrected chi connectivity index (χ2v) is 9.76. The zero-order chi connectivity index (χ0) is 23.8. The molecule has 0 unspecified atom stereocenters. The van der Waals surface area contributed by atoms with Crippen LogP contribution in [0.3, 0.4) is 0 Å². The lowest BCUT2D eigenvalue weighted by Crippen LogP contribution is -2.68. The first-order valence-corrected chi connectivity index (χ1v) is 11.8. The van der Waals surface area contributed by atoms with Crippen molar-refractivity contribution in [1.29, 1.82) is 0 Å². The molecule has 3 fully saturated rings. The van der Waals surface area contributed by atoms with Gasteiger partial charge in [-0.05, 0) is 43.6 Å². The van der Waals surface area contributed by atoms with Gasteiger partial charge in [-0.25, -0.2) is 0 Å². The minimum atomic E-state index is -4.87. The van der Waals surface area contributed by atoms with Crippen LogP contribution in [-0.2, 0) is 9.59 Å². The maximum atomic E-state index is 13.5. The first kappa shape index (κ1) is 23.8. The number of nitrogens with zero attached hydrogens (tertiary/aromatic N) is 2. The van der Waals surface area contributed by atoms with Crippen molar-refractivity contribution in [2.45, 2.75) is 57.8 Å². The molecule has 2 saturated carbocycles. The van der Waals surface area contributed by atoms with E-state index in [0.29, 0.717) is 45.4 Å². The SMILES string of the molecule is CCNC(=O)CN1CC2(CC(N(C(=O)C(F)(F)F)[C@@H]3C[C@H]3/C(=C/c3ccccc3)CC)C2)C1. The van der Waals surface area contributed by atoms with E-state index in [1.165, 1.54) is 0 Å². The van der Waals surface area contributed by atoms with Gasteiger partial charge in [-0.15, -0.1) is 0 Å². The molecular weight excluding hydrogens is 431 g/mol. The molecule has 8 heteroatoms. The van der Waals surface area contributed by atoms with E-state index in [0.717, 1.165) is 22.5 Å². The minimum absolute atomic E-state index is 0.0197. The first-order valence-electron chi connectivity index (χ1n) is 11.8. The van der Waals surface area contributed by atoms with E-state index in [4.69, 9.17) is 0 Å². The topological polar surface area (TPSA) is 52.7 Å². The van der Waals surface area contributed by atoms with Crippen molar-refractivity contribution in [3.63, 3.8) is 0 Å². The van der Waals surface area contributed by atoms with Crippen LogP contribution in [-0.4, -0.2) is 66.1 Å². The van der Waals surface area contributed by atoms with E-state index in [1.807, 2.05) is 55.2 Å². The van der Waals surface area contributed by atoms with Gasteiger partial charge in [0.25, 0.3) is 0 Å². The summed E-state index contributed by atoms with van der Waals surface area (Å²) in [6.07, 6.45) is -0.333. The fourth-order valence-electron chi connectivity index (χ4n) is 5.72. The van der Waals surface area contributed by atoms with Gasteiger partial charge in [0.2, 0.25) is 5.91 Å². The van der Waals surface area contributed by atoms with Gasteiger partial charge in [0, 0.05) is 37.6 Å². The molecule has 5 nitrogen and oxygen atoms in total. The Morgan fingerprint density at radius 1 is 1.18 bits per heavy atom. The molecule has 2 atom stereocenters. The van der Waals surface area contributed by atoms with Crippen molar-refractivity contribution in [3.05, 3.63) is 41.5 Å². The Morgan fingerprint density at radius 2 is 1.85 bits per heavy atom. The van der Waals surface area contributed by atoms with E-state index in [-0.39, 0.29) is 29.3 Å². The molecule has 0 radical (unpaired) electrons. The number of carbonyl (C=O) groups excluding carboxylic acids is 2. The number of rotatable bonds is 8. The van der Waals surface area contributed by atoms with Crippen molar-refractivity contribution >= 4 is 17.9 Å². The molecule has 2 aliphatic carbocycles. The van der Waals surface area contributed by atoms with E-state index >= 15 is 0 Å². The molecular formula is C25H32F3N3O2. The first-order chi connectivity index (χ1) is 15.7. The molecule has 2 amide bonds. The maximum absolute atomic E-state index is 13.5. The third-order valence-electron chi connectivity index (χ3n) is 7.22. The largest absolute Gasteiger partial charge is 0.471 e. The van der Waals surface area contributed by atoms with Gasteiger partial charge < -0.3 is 10.2 Å². The lowest BCUT2D eigenvalue weighted by Gasteiger charge is -2.61. The van der Waals surface area contributed by atoms with Crippen molar-refractivity contribution in [2.24, 2.45) is 11.3 Å². The summed E-state index contributed by atoms with van der Waals surface area (Å²) in [6, 6.07) is 8.99. The number of alkyl halides is 3. The Hall–Kier alpha value is -2.35. The number of halogens is 3. The molecule has 1 aromatic rings. The van der Waals surface area contributed by atoms with Gasteiger partial charge >= 0.3 is 12.1 Å². The minimum Gasteiger partial charge on any atom is -0.355 e. The average Bonchev–Trinajstić information content (AvgIpc) is 3.49. The van der Waals surface area contributed by atoms with Crippen molar-refractivity contribution in [1.82, 2.24) is 15.1 Å². The molecule has 1 spiro atoms. The maximum Gasteiger partial charge on any atom is 0.471 e. The van der Waals surface area contributed by atoms with Gasteiger partial charge in [0.15, 0.2) is 0 Å². The normalized spacial score (nSPS) is 24.7. The number of benzene rings is 1. The average molecular weight is 464 g/mol. The molecule has 0 aromatic heterocycles. The number of amides is 2. The lowest BCUT2D eigenvalue weighted by molar-refractivity contribution is -0.197. The van der Waals surface area contributed by atoms with Gasteiger partial charge in [0.1, 0.15) is 0 Å². The number of hydrogen-bond acceptors (Lipinski definition) is 3. The van der Waals surface area contributed by atoms with Crippen LogP contribution in [0.1, 0.15) is 45.1 Å². The summed E-state index contributed by atoms with van der Waals surface area (Å²) >= 11 is 0. The Balaban J connectivity index is 1.41. The predicted octanol–water partition coefficient (Wildman–Crippen LogP) is 3.86. The van der Waals surface area contributed by atoms with Crippen molar-refractivity contribution in [2.75, 3.05) is 26.2 Å². The second kappa shape index (κ2) is 9.12.